The minimum absolute atomic E-state index is 0.318. The topological polar surface area (TPSA) is 20.2 Å². The van der Waals surface area contributed by atoms with Crippen molar-refractivity contribution in [3.05, 3.63) is 13.5 Å². The molecule has 0 aliphatic heterocycles. The standard InChI is InChI=1S/C5H4ClIOS/c1-2-3(7)5(8)9-4(2)6/h8H,1H3. The molecular formula is C5H4ClIOS. The third-order valence-corrected chi connectivity index (χ3v) is 4.08. The SMILES string of the molecule is Cc1c(Cl)sc(O)c1I. The van der Waals surface area contributed by atoms with Crippen molar-refractivity contribution in [2.75, 3.05) is 0 Å². The van der Waals surface area contributed by atoms with E-state index in [1.807, 2.05) is 6.92 Å². The van der Waals surface area contributed by atoms with Gasteiger partial charge in [0.05, 0.1) is 3.57 Å². The van der Waals surface area contributed by atoms with Gasteiger partial charge in [0.2, 0.25) is 0 Å². The van der Waals surface area contributed by atoms with Crippen molar-refractivity contribution in [3.63, 3.8) is 0 Å². The third kappa shape index (κ3) is 1.33. The van der Waals surface area contributed by atoms with E-state index in [0.29, 0.717) is 9.40 Å². The van der Waals surface area contributed by atoms with Crippen molar-refractivity contribution in [1.82, 2.24) is 0 Å². The molecule has 0 saturated carbocycles. The molecule has 1 aromatic heterocycles. The van der Waals surface area contributed by atoms with E-state index in [9.17, 15) is 0 Å². The van der Waals surface area contributed by atoms with Crippen LogP contribution in [0.5, 0.6) is 5.06 Å². The molecule has 1 nitrogen and oxygen atoms in total. The normalized spacial score (nSPS) is 10.1. The highest BCUT2D eigenvalue weighted by Gasteiger charge is 2.08. The Labute approximate surface area is 75.8 Å². The fourth-order valence-electron chi connectivity index (χ4n) is 0.453. The molecule has 0 aromatic carbocycles. The molecule has 0 bridgehead atoms. The van der Waals surface area contributed by atoms with E-state index in [-0.39, 0.29) is 0 Å². The average Bonchev–Trinajstić information content (AvgIpc) is 1.98. The molecule has 1 N–H and O–H groups in total. The van der Waals surface area contributed by atoms with Gasteiger partial charge in [-0.05, 0) is 35.1 Å². The molecule has 1 heterocycles. The van der Waals surface area contributed by atoms with Crippen molar-refractivity contribution in [2.24, 2.45) is 0 Å². The summed E-state index contributed by atoms with van der Waals surface area (Å²) >= 11 is 8.96. The molecule has 1 rings (SSSR count). The maximum absolute atomic E-state index is 9.05. The maximum Gasteiger partial charge on any atom is 0.186 e. The molecule has 0 radical (unpaired) electrons. The van der Waals surface area contributed by atoms with Crippen LogP contribution in [0, 0.1) is 10.5 Å². The second-order valence-corrected chi connectivity index (χ2v) is 4.30. The zero-order chi connectivity index (χ0) is 7.02. The van der Waals surface area contributed by atoms with Crippen LogP contribution < -0.4 is 0 Å². The largest absolute Gasteiger partial charge is 0.499 e. The molecule has 0 amide bonds. The fraction of sp³-hybridized carbons (Fsp3) is 0.200. The van der Waals surface area contributed by atoms with E-state index >= 15 is 0 Å². The van der Waals surface area contributed by atoms with Crippen LogP contribution in [-0.2, 0) is 0 Å². The van der Waals surface area contributed by atoms with Crippen molar-refractivity contribution >= 4 is 45.5 Å². The van der Waals surface area contributed by atoms with Gasteiger partial charge in [-0.2, -0.15) is 0 Å². The molecule has 9 heavy (non-hydrogen) atoms. The van der Waals surface area contributed by atoms with Gasteiger partial charge in [-0.1, -0.05) is 22.9 Å². The lowest BCUT2D eigenvalue weighted by Gasteiger charge is -1.84. The van der Waals surface area contributed by atoms with Gasteiger partial charge >= 0.3 is 0 Å². The summed E-state index contributed by atoms with van der Waals surface area (Å²) in [4.78, 5) is 0. The van der Waals surface area contributed by atoms with Crippen molar-refractivity contribution < 1.29 is 5.11 Å². The Balaban J connectivity index is 3.29. The Morgan fingerprint density at radius 1 is 1.67 bits per heavy atom. The molecule has 0 saturated heterocycles. The second kappa shape index (κ2) is 2.64. The minimum atomic E-state index is 0.318. The zero-order valence-electron chi connectivity index (χ0n) is 4.61. The van der Waals surface area contributed by atoms with Gasteiger partial charge in [-0.3, -0.25) is 0 Å². The Kier molecular flexibility index (Phi) is 2.23. The average molecular weight is 275 g/mol. The predicted octanol–water partition coefficient (Wildman–Crippen LogP) is 3.02. The third-order valence-electron chi connectivity index (χ3n) is 0.998. The molecule has 4 heteroatoms. The summed E-state index contributed by atoms with van der Waals surface area (Å²) in [5.41, 5.74) is 0.972. The number of halogens is 2. The van der Waals surface area contributed by atoms with Gasteiger partial charge in [0.25, 0.3) is 0 Å². The Bertz CT molecular complexity index is 211. The van der Waals surface area contributed by atoms with Crippen molar-refractivity contribution in [1.29, 1.82) is 0 Å². The number of hydrogen-bond acceptors (Lipinski definition) is 2. The van der Waals surface area contributed by atoms with Gasteiger partial charge < -0.3 is 5.11 Å². The molecule has 0 spiro atoms. The molecule has 0 aliphatic rings. The predicted molar refractivity (Wildman–Crippen MR) is 48.4 cm³/mol. The van der Waals surface area contributed by atoms with E-state index in [1.165, 1.54) is 11.3 Å². The number of aromatic hydroxyl groups is 1. The molecular weight excluding hydrogens is 270 g/mol. The first-order valence-electron chi connectivity index (χ1n) is 2.26. The monoisotopic (exact) mass is 274 g/mol. The molecule has 0 unspecified atom stereocenters. The van der Waals surface area contributed by atoms with Crippen LogP contribution >= 0.6 is 45.5 Å². The first kappa shape index (κ1) is 7.63. The summed E-state index contributed by atoms with van der Waals surface area (Å²) < 4.78 is 1.54. The van der Waals surface area contributed by atoms with Gasteiger partial charge in [0, 0.05) is 0 Å². The Hall–Kier alpha value is 0.520. The zero-order valence-corrected chi connectivity index (χ0v) is 8.34. The first-order chi connectivity index (χ1) is 4.13. The number of hydrogen-bond donors (Lipinski definition) is 1. The van der Waals surface area contributed by atoms with Crippen molar-refractivity contribution in [2.45, 2.75) is 6.92 Å². The fourth-order valence-corrected chi connectivity index (χ4v) is 2.38. The lowest BCUT2D eigenvalue weighted by atomic mass is 10.4. The van der Waals surface area contributed by atoms with Crippen LogP contribution in [0.25, 0.3) is 0 Å². The summed E-state index contributed by atoms with van der Waals surface area (Å²) in [6.07, 6.45) is 0. The van der Waals surface area contributed by atoms with E-state index in [4.69, 9.17) is 16.7 Å². The lowest BCUT2D eigenvalue weighted by Crippen LogP contribution is -1.67. The van der Waals surface area contributed by atoms with E-state index < -0.39 is 0 Å². The van der Waals surface area contributed by atoms with Gasteiger partial charge in [-0.15, -0.1) is 0 Å². The highest BCUT2D eigenvalue weighted by Crippen LogP contribution is 2.37. The van der Waals surface area contributed by atoms with Gasteiger partial charge in [-0.25, -0.2) is 0 Å². The van der Waals surface area contributed by atoms with E-state index in [2.05, 4.69) is 22.6 Å². The molecule has 0 fully saturated rings. The quantitative estimate of drug-likeness (QED) is 0.721. The second-order valence-electron chi connectivity index (χ2n) is 1.62. The molecule has 50 valence electrons. The van der Waals surface area contributed by atoms with Crippen LogP contribution in [-0.4, -0.2) is 5.11 Å². The van der Waals surface area contributed by atoms with Gasteiger partial charge in [0.1, 0.15) is 4.34 Å². The van der Waals surface area contributed by atoms with Crippen LogP contribution in [0.4, 0.5) is 0 Å². The van der Waals surface area contributed by atoms with Gasteiger partial charge in [0.15, 0.2) is 5.06 Å². The van der Waals surface area contributed by atoms with Crippen molar-refractivity contribution in [3.8, 4) is 5.06 Å². The molecule has 0 aliphatic carbocycles. The van der Waals surface area contributed by atoms with Crippen LogP contribution in [0.15, 0.2) is 0 Å². The maximum atomic E-state index is 9.05. The van der Waals surface area contributed by atoms with Crippen LogP contribution in [0.2, 0.25) is 4.34 Å². The number of thiophene rings is 1. The summed E-state index contributed by atoms with van der Waals surface area (Å²) in [7, 11) is 0. The summed E-state index contributed by atoms with van der Waals surface area (Å²) in [6, 6.07) is 0. The molecule has 0 atom stereocenters. The summed E-state index contributed by atoms with van der Waals surface area (Å²) in [6.45, 7) is 1.89. The van der Waals surface area contributed by atoms with Crippen LogP contribution in [0.3, 0.4) is 0 Å². The first-order valence-corrected chi connectivity index (χ1v) is 4.53. The highest BCUT2D eigenvalue weighted by atomic mass is 127. The Morgan fingerprint density at radius 2 is 2.22 bits per heavy atom. The minimum Gasteiger partial charge on any atom is -0.499 e. The van der Waals surface area contributed by atoms with E-state index in [1.54, 1.807) is 0 Å². The number of rotatable bonds is 0. The summed E-state index contributed by atoms with van der Waals surface area (Å²) in [5, 5.41) is 9.37. The Morgan fingerprint density at radius 3 is 2.33 bits per heavy atom. The van der Waals surface area contributed by atoms with Crippen LogP contribution in [0.1, 0.15) is 5.56 Å². The summed E-state index contributed by atoms with van der Waals surface area (Å²) in [5.74, 6) is 0. The molecule has 1 aromatic rings. The smallest absolute Gasteiger partial charge is 0.186 e. The van der Waals surface area contributed by atoms with E-state index in [0.717, 1.165) is 9.13 Å². The lowest BCUT2D eigenvalue weighted by molar-refractivity contribution is 0.487. The highest BCUT2D eigenvalue weighted by molar-refractivity contribution is 14.1.